The summed E-state index contributed by atoms with van der Waals surface area (Å²) in [5, 5.41) is 6.22. The lowest BCUT2D eigenvalue weighted by atomic mass is 10.0. The van der Waals surface area contributed by atoms with Crippen molar-refractivity contribution < 1.29 is 9.59 Å². The summed E-state index contributed by atoms with van der Waals surface area (Å²) in [5.74, 6) is -0.306. The average Bonchev–Trinajstić information content (AvgIpc) is 2.65. The molecule has 0 spiro atoms. The molecule has 0 saturated carbocycles. The van der Waals surface area contributed by atoms with Gasteiger partial charge in [-0.2, -0.15) is 0 Å². The summed E-state index contributed by atoms with van der Waals surface area (Å²) < 4.78 is 0. The Kier molecular flexibility index (Phi) is 6.78. The van der Waals surface area contributed by atoms with Gasteiger partial charge in [0.15, 0.2) is 0 Å². The molecular weight excluding hydrogens is 336 g/mol. The first-order valence-electron chi connectivity index (χ1n) is 8.09. The Morgan fingerprint density at radius 3 is 2.28 bits per heavy atom. The van der Waals surface area contributed by atoms with Gasteiger partial charge in [-0.15, -0.1) is 0 Å². The lowest BCUT2D eigenvalue weighted by Crippen LogP contribution is -2.26. The van der Waals surface area contributed by atoms with E-state index in [0.717, 1.165) is 17.5 Å². The Morgan fingerprint density at radius 2 is 1.72 bits per heavy atom. The van der Waals surface area contributed by atoms with Gasteiger partial charge in [0.25, 0.3) is 5.91 Å². The third-order valence-corrected chi connectivity index (χ3v) is 4.08. The fourth-order valence-electron chi connectivity index (χ4n) is 2.40. The van der Waals surface area contributed by atoms with Gasteiger partial charge < -0.3 is 10.6 Å². The van der Waals surface area contributed by atoms with E-state index in [2.05, 4.69) is 10.6 Å². The number of carbonyl (C=O) groups excluding carboxylic acids is 2. The molecule has 0 bridgehead atoms. The van der Waals surface area contributed by atoms with Crippen LogP contribution in [0.3, 0.4) is 0 Å². The maximum Gasteiger partial charge on any atom is 0.251 e. The van der Waals surface area contributed by atoms with Gasteiger partial charge in [0.1, 0.15) is 0 Å². The number of hydrogen-bond donors (Lipinski definition) is 2. The van der Waals surface area contributed by atoms with Gasteiger partial charge in [0, 0.05) is 23.7 Å². The van der Waals surface area contributed by atoms with Crippen molar-refractivity contribution >= 4 is 29.5 Å². The highest BCUT2D eigenvalue weighted by Gasteiger charge is 2.11. The van der Waals surface area contributed by atoms with Crippen LogP contribution in [-0.2, 0) is 4.79 Å². The zero-order valence-electron chi connectivity index (χ0n) is 14.3. The summed E-state index contributed by atoms with van der Waals surface area (Å²) in [5.41, 5.74) is 2.45. The van der Waals surface area contributed by atoms with Crippen molar-refractivity contribution in [2.45, 2.75) is 19.4 Å². The van der Waals surface area contributed by atoms with Gasteiger partial charge in [-0.05, 0) is 47.9 Å². The number of amides is 2. The van der Waals surface area contributed by atoms with Crippen LogP contribution in [-0.4, -0.2) is 18.9 Å². The number of nitrogens with one attached hydrogen (secondary N) is 2. The summed E-state index contributed by atoms with van der Waals surface area (Å²) in [7, 11) is 1.59. The number of rotatable bonds is 6. The van der Waals surface area contributed by atoms with Gasteiger partial charge >= 0.3 is 0 Å². The van der Waals surface area contributed by atoms with Crippen molar-refractivity contribution in [3.8, 4) is 0 Å². The Balaban J connectivity index is 1.99. The molecule has 4 nitrogen and oxygen atoms in total. The van der Waals surface area contributed by atoms with Crippen molar-refractivity contribution in [1.82, 2.24) is 10.6 Å². The van der Waals surface area contributed by atoms with Gasteiger partial charge in [-0.3, -0.25) is 9.59 Å². The van der Waals surface area contributed by atoms with Crippen LogP contribution >= 0.6 is 11.6 Å². The zero-order chi connectivity index (χ0) is 18.2. The monoisotopic (exact) mass is 356 g/mol. The number of carbonyl (C=O) groups is 2. The second kappa shape index (κ2) is 9.04. The average molecular weight is 357 g/mol. The summed E-state index contributed by atoms with van der Waals surface area (Å²) in [4.78, 5) is 23.7. The number of benzene rings is 2. The predicted octanol–water partition coefficient (Wildman–Crippen LogP) is 3.98. The van der Waals surface area contributed by atoms with E-state index in [1.54, 1.807) is 37.4 Å². The second-order valence-corrected chi connectivity index (χ2v) is 5.99. The highest BCUT2D eigenvalue weighted by atomic mass is 35.5. The fourth-order valence-corrected chi connectivity index (χ4v) is 2.52. The Morgan fingerprint density at radius 1 is 1.08 bits per heavy atom. The molecule has 2 rings (SSSR count). The van der Waals surface area contributed by atoms with Gasteiger partial charge in [0.2, 0.25) is 5.91 Å². The molecule has 5 heteroatoms. The minimum Gasteiger partial charge on any atom is -0.355 e. The summed E-state index contributed by atoms with van der Waals surface area (Å²) in [6.07, 6.45) is 3.99. The molecule has 0 aliphatic heterocycles. The third-order valence-electron chi connectivity index (χ3n) is 3.82. The normalized spacial score (nSPS) is 12.0. The first kappa shape index (κ1) is 18.7. The van der Waals surface area contributed by atoms with Crippen LogP contribution in [0.15, 0.2) is 54.6 Å². The van der Waals surface area contributed by atoms with Crippen LogP contribution in [0.4, 0.5) is 0 Å². The van der Waals surface area contributed by atoms with Gasteiger partial charge in [0.05, 0.1) is 6.04 Å². The van der Waals surface area contributed by atoms with E-state index in [1.807, 2.05) is 31.2 Å². The molecule has 130 valence electrons. The Labute approximate surface area is 152 Å². The maximum atomic E-state index is 12.2. The quantitative estimate of drug-likeness (QED) is 0.769. The van der Waals surface area contributed by atoms with E-state index >= 15 is 0 Å². The number of hydrogen-bond acceptors (Lipinski definition) is 2. The lowest BCUT2D eigenvalue weighted by Gasteiger charge is -2.16. The van der Waals surface area contributed by atoms with Crippen molar-refractivity contribution in [2.75, 3.05) is 7.05 Å². The van der Waals surface area contributed by atoms with E-state index in [0.29, 0.717) is 10.6 Å². The largest absolute Gasteiger partial charge is 0.355 e. The van der Waals surface area contributed by atoms with Crippen molar-refractivity contribution in [1.29, 1.82) is 0 Å². The highest BCUT2D eigenvalue weighted by molar-refractivity contribution is 6.30. The number of halogens is 1. The molecule has 0 fully saturated rings. The minimum atomic E-state index is -0.169. The molecule has 0 saturated heterocycles. The Hall–Kier alpha value is -2.59. The zero-order valence-corrected chi connectivity index (χ0v) is 15.0. The third kappa shape index (κ3) is 5.47. The van der Waals surface area contributed by atoms with E-state index in [4.69, 9.17) is 11.6 Å². The second-order valence-electron chi connectivity index (χ2n) is 5.56. The van der Waals surface area contributed by atoms with Crippen LogP contribution in [0, 0.1) is 0 Å². The fraction of sp³-hybridized carbons (Fsp3) is 0.200. The summed E-state index contributed by atoms with van der Waals surface area (Å²) >= 11 is 5.90. The molecule has 2 aromatic carbocycles. The molecule has 0 heterocycles. The van der Waals surface area contributed by atoms with Gasteiger partial charge in [-0.25, -0.2) is 0 Å². The lowest BCUT2D eigenvalue weighted by molar-refractivity contribution is -0.117. The van der Waals surface area contributed by atoms with E-state index in [1.165, 1.54) is 6.08 Å². The summed E-state index contributed by atoms with van der Waals surface area (Å²) in [6.45, 7) is 2.01. The van der Waals surface area contributed by atoms with Crippen molar-refractivity contribution in [3.05, 3.63) is 76.3 Å². The topological polar surface area (TPSA) is 58.2 Å². The first-order valence-corrected chi connectivity index (χ1v) is 8.47. The molecule has 1 unspecified atom stereocenters. The molecule has 1 atom stereocenters. The van der Waals surface area contributed by atoms with Crippen LogP contribution < -0.4 is 10.6 Å². The smallest absolute Gasteiger partial charge is 0.251 e. The standard InChI is InChI=1S/C20H21ClN2O2/c1-3-18(15-9-11-17(21)12-10-15)23-19(24)13-6-14-4-7-16(8-5-14)20(25)22-2/h4-13,18H,3H2,1-2H3,(H,22,25)(H,23,24)/b13-6+. The predicted molar refractivity (Wildman–Crippen MR) is 101 cm³/mol. The molecule has 0 aliphatic carbocycles. The van der Waals surface area contributed by atoms with E-state index < -0.39 is 0 Å². The SMILES string of the molecule is CCC(NC(=O)/C=C/c1ccc(C(=O)NC)cc1)c1ccc(Cl)cc1. The van der Waals surface area contributed by atoms with Crippen LogP contribution in [0.25, 0.3) is 6.08 Å². The molecule has 0 radical (unpaired) electrons. The van der Waals surface area contributed by atoms with Crippen LogP contribution in [0.5, 0.6) is 0 Å². The van der Waals surface area contributed by atoms with Crippen molar-refractivity contribution in [2.24, 2.45) is 0 Å². The molecule has 2 aromatic rings. The molecule has 0 aromatic heterocycles. The summed E-state index contributed by atoms with van der Waals surface area (Å²) in [6, 6.07) is 14.4. The molecular formula is C20H21ClN2O2. The highest BCUT2D eigenvalue weighted by Crippen LogP contribution is 2.19. The van der Waals surface area contributed by atoms with Crippen LogP contribution in [0.2, 0.25) is 5.02 Å². The molecule has 0 aliphatic rings. The van der Waals surface area contributed by atoms with Gasteiger partial charge in [-0.1, -0.05) is 42.8 Å². The molecule has 2 amide bonds. The van der Waals surface area contributed by atoms with E-state index in [-0.39, 0.29) is 17.9 Å². The minimum absolute atomic E-state index is 0.0648. The first-order chi connectivity index (χ1) is 12.0. The molecule has 25 heavy (non-hydrogen) atoms. The van der Waals surface area contributed by atoms with Crippen LogP contribution in [0.1, 0.15) is 40.9 Å². The Bertz CT molecular complexity index is 752. The van der Waals surface area contributed by atoms with Crippen molar-refractivity contribution in [3.63, 3.8) is 0 Å². The maximum absolute atomic E-state index is 12.2. The molecule has 2 N–H and O–H groups in total. The van der Waals surface area contributed by atoms with E-state index in [9.17, 15) is 9.59 Å².